The number of carbonyl (C=O) groups excluding carboxylic acids is 3. The molecular formula is C26H26N4O6. The lowest BCUT2D eigenvalue weighted by Crippen LogP contribution is -2.15. The van der Waals surface area contributed by atoms with Gasteiger partial charge in [-0.05, 0) is 43.2 Å². The highest BCUT2D eigenvalue weighted by Gasteiger charge is 2.17. The minimum atomic E-state index is -1.27. The van der Waals surface area contributed by atoms with Crippen LogP contribution in [0.25, 0.3) is 10.9 Å². The van der Waals surface area contributed by atoms with Gasteiger partial charge in [0.05, 0.1) is 41.2 Å². The molecule has 10 nitrogen and oxygen atoms in total. The van der Waals surface area contributed by atoms with Crippen molar-refractivity contribution in [3.63, 3.8) is 0 Å². The molecule has 3 rings (SSSR count). The minimum Gasteiger partial charge on any atom is -0.478 e. The fourth-order valence-corrected chi connectivity index (χ4v) is 3.70. The van der Waals surface area contributed by atoms with Crippen LogP contribution in [0.2, 0.25) is 0 Å². The van der Waals surface area contributed by atoms with Gasteiger partial charge in [0.15, 0.2) is 0 Å². The first kappa shape index (κ1) is 26.0. The van der Waals surface area contributed by atoms with Crippen molar-refractivity contribution in [2.45, 2.75) is 38.5 Å². The van der Waals surface area contributed by atoms with Gasteiger partial charge in [0.2, 0.25) is 5.91 Å². The number of benzene rings is 2. The maximum absolute atomic E-state index is 12.8. The molecule has 10 heteroatoms. The molecule has 36 heavy (non-hydrogen) atoms. The predicted molar refractivity (Wildman–Crippen MR) is 133 cm³/mol. The van der Waals surface area contributed by atoms with Crippen LogP contribution in [-0.2, 0) is 14.3 Å². The van der Waals surface area contributed by atoms with Crippen LogP contribution in [-0.4, -0.2) is 41.0 Å². The Labute approximate surface area is 207 Å². The molecule has 0 saturated carbocycles. The van der Waals surface area contributed by atoms with Gasteiger partial charge in [-0.1, -0.05) is 25.0 Å². The number of para-hydroxylation sites is 1. The summed E-state index contributed by atoms with van der Waals surface area (Å²) in [5.74, 6) is -2.24. The van der Waals surface area contributed by atoms with E-state index in [9.17, 15) is 24.3 Å². The molecule has 0 bridgehead atoms. The number of H-pyrrole nitrogens is 1. The average Bonchev–Trinajstić information content (AvgIpc) is 3.31. The molecule has 0 aliphatic heterocycles. The molecule has 0 radical (unpaired) electrons. The Balaban J connectivity index is 1.64. The lowest BCUT2D eigenvalue weighted by Gasteiger charge is -2.08. The van der Waals surface area contributed by atoms with E-state index < -0.39 is 11.9 Å². The van der Waals surface area contributed by atoms with E-state index in [1.165, 1.54) is 25.3 Å². The van der Waals surface area contributed by atoms with Crippen LogP contribution in [0.5, 0.6) is 0 Å². The summed E-state index contributed by atoms with van der Waals surface area (Å²) >= 11 is 0. The number of ether oxygens (including phenoxy) is 1. The summed E-state index contributed by atoms with van der Waals surface area (Å²) in [7, 11) is 1.36. The van der Waals surface area contributed by atoms with Gasteiger partial charge in [0.25, 0.3) is 5.91 Å². The van der Waals surface area contributed by atoms with Crippen molar-refractivity contribution in [2.24, 2.45) is 0 Å². The molecule has 1 aromatic heterocycles. The maximum Gasteiger partial charge on any atom is 0.337 e. The molecule has 0 atom stereocenters. The Morgan fingerprint density at radius 3 is 2.42 bits per heavy atom. The molecule has 0 aliphatic carbocycles. The number of hydrogen-bond acceptors (Lipinski definition) is 6. The van der Waals surface area contributed by atoms with Crippen molar-refractivity contribution in [2.75, 3.05) is 17.7 Å². The number of fused-ring (bicyclic) bond motifs is 1. The van der Waals surface area contributed by atoms with E-state index in [1.54, 1.807) is 24.3 Å². The van der Waals surface area contributed by atoms with E-state index in [1.807, 2.05) is 6.07 Å². The molecule has 186 valence electrons. The summed E-state index contributed by atoms with van der Waals surface area (Å²) in [5.41, 5.74) is 1.29. The largest absolute Gasteiger partial charge is 0.478 e. The van der Waals surface area contributed by atoms with E-state index in [2.05, 4.69) is 20.4 Å². The number of esters is 1. The number of unbranched alkanes of at least 4 members (excludes halogenated alkanes) is 3. The molecule has 2 aromatic carbocycles. The standard InChI is InChI=1S/C26H26N4O6/c1-36-23(32)10-5-3-2-4-9-22(31)28-20-8-6-7-17-14-21(29-24(17)20)25(33)30-19-12-11-16(15-27)13-18(19)26(34)35/h6-8,11-14,29H,2-5,9-10H2,1H3,(H,28,31)(H,30,33)(H,34,35). The van der Waals surface area contributed by atoms with Crippen LogP contribution >= 0.6 is 0 Å². The zero-order chi connectivity index (χ0) is 26.1. The zero-order valence-corrected chi connectivity index (χ0v) is 19.7. The van der Waals surface area contributed by atoms with E-state index in [4.69, 9.17) is 5.26 Å². The first-order valence-electron chi connectivity index (χ1n) is 11.4. The van der Waals surface area contributed by atoms with Gasteiger partial charge in [-0.2, -0.15) is 5.26 Å². The number of aromatic nitrogens is 1. The number of amides is 2. The first-order chi connectivity index (χ1) is 17.3. The highest BCUT2D eigenvalue weighted by Crippen LogP contribution is 2.25. The Bertz CT molecular complexity index is 1340. The number of aromatic carboxylic acids is 1. The van der Waals surface area contributed by atoms with Crippen LogP contribution in [0.3, 0.4) is 0 Å². The molecule has 0 aliphatic rings. The number of aromatic amines is 1. The number of methoxy groups -OCH3 is 1. The SMILES string of the molecule is COC(=O)CCCCCCC(=O)Nc1cccc2cc(C(=O)Nc3ccc(C#N)cc3C(=O)O)[nH]c12. The van der Waals surface area contributed by atoms with E-state index in [0.29, 0.717) is 35.9 Å². The monoisotopic (exact) mass is 490 g/mol. The topological polar surface area (TPSA) is 161 Å². The Kier molecular flexibility index (Phi) is 8.78. The predicted octanol–water partition coefficient (Wildman–Crippen LogP) is 4.44. The molecule has 0 unspecified atom stereocenters. The first-order valence-corrected chi connectivity index (χ1v) is 11.4. The number of nitriles is 1. The number of carboxylic acid groups (broad SMARTS) is 1. The molecule has 1 heterocycles. The van der Waals surface area contributed by atoms with Gasteiger partial charge in [0, 0.05) is 18.2 Å². The van der Waals surface area contributed by atoms with Crippen LogP contribution in [0.4, 0.5) is 11.4 Å². The molecular weight excluding hydrogens is 464 g/mol. The quantitative estimate of drug-likeness (QED) is 0.228. The Morgan fingerprint density at radius 1 is 0.972 bits per heavy atom. The molecule has 0 spiro atoms. The van der Waals surface area contributed by atoms with Crippen LogP contribution in [0.1, 0.15) is 64.9 Å². The van der Waals surface area contributed by atoms with Crippen molar-refractivity contribution in [3.8, 4) is 6.07 Å². The van der Waals surface area contributed by atoms with Crippen LogP contribution in [0.15, 0.2) is 42.5 Å². The number of carbonyl (C=O) groups is 4. The van der Waals surface area contributed by atoms with Gasteiger partial charge < -0.3 is 25.5 Å². The van der Waals surface area contributed by atoms with Gasteiger partial charge in [-0.25, -0.2) is 4.79 Å². The number of hydrogen-bond donors (Lipinski definition) is 4. The third-order valence-electron chi connectivity index (χ3n) is 5.56. The summed E-state index contributed by atoms with van der Waals surface area (Å²) in [6, 6.07) is 12.7. The van der Waals surface area contributed by atoms with Crippen molar-refractivity contribution in [1.82, 2.24) is 4.98 Å². The van der Waals surface area contributed by atoms with Gasteiger partial charge in [0.1, 0.15) is 5.69 Å². The van der Waals surface area contributed by atoms with Crippen molar-refractivity contribution < 1.29 is 29.0 Å². The lowest BCUT2D eigenvalue weighted by molar-refractivity contribution is -0.140. The van der Waals surface area contributed by atoms with Crippen LogP contribution in [0, 0.1) is 11.3 Å². The normalized spacial score (nSPS) is 10.4. The van der Waals surface area contributed by atoms with Gasteiger partial charge in [-0.15, -0.1) is 0 Å². The molecule has 4 N–H and O–H groups in total. The second-order valence-corrected chi connectivity index (χ2v) is 8.12. The summed E-state index contributed by atoms with van der Waals surface area (Å²) in [6.45, 7) is 0. The summed E-state index contributed by atoms with van der Waals surface area (Å²) in [4.78, 5) is 50.9. The maximum atomic E-state index is 12.8. The minimum absolute atomic E-state index is 0.0604. The van der Waals surface area contributed by atoms with Crippen molar-refractivity contribution in [1.29, 1.82) is 5.26 Å². The lowest BCUT2D eigenvalue weighted by atomic mass is 10.1. The number of anilines is 2. The number of carboxylic acids is 1. The van der Waals surface area contributed by atoms with Gasteiger partial charge in [-0.3, -0.25) is 14.4 Å². The Morgan fingerprint density at radius 2 is 1.72 bits per heavy atom. The molecule has 3 aromatic rings. The van der Waals surface area contributed by atoms with Crippen molar-refractivity contribution in [3.05, 3.63) is 59.3 Å². The third kappa shape index (κ3) is 6.70. The Hall–Kier alpha value is -4.65. The summed E-state index contributed by atoms with van der Waals surface area (Å²) in [5, 5.41) is 24.5. The average molecular weight is 491 g/mol. The molecule has 0 fully saturated rings. The summed E-state index contributed by atoms with van der Waals surface area (Å²) in [6.07, 6.45) is 3.73. The highest BCUT2D eigenvalue weighted by molar-refractivity contribution is 6.10. The van der Waals surface area contributed by atoms with Gasteiger partial charge >= 0.3 is 11.9 Å². The van der Waals surface area contributed by atoms with E-state index in [0.717, 1.165) is 19.3 Å². The van der Waals surface area contributed by atoms with Crippen molar-refractivity contribution >= 4 is 46.0 Å². The number of rotatable bonds is 11. The number of nitrogens with zero attached hydrogens (tertiary/aromatic N) is 1. The third-order valence-corrected chi connectivity index (χ3v) is 5.56. The highest BCUT2D eigenvalue weighted by atomic mass is 16.5. The fourth-order valence-electron chi connectivity index (χ4n) is 3.70. The number of nitrogens with one attached hydrogen (secondary N) is 3. The molecule has 2 amide bonds. The molecule has 0 saturated heterocycles. The van der Waals surface area contributed by atoms with E-state index >= 15 is 0 Å². The summed E-state index contributed by atoms with van der Waals surface area (Å²) < 4.78 is 4.60. The van der Waals surface area contributed by atoms with E-state index in [-0.39, 0.29) is 34.4 Å². The zero-order valence-electron chi connectivity index (χ0n) is 19.7. The fraction of sp³-hybridized carbons (Fsp3) is 0.269. The smallest absolute Gasteiger partial charge is 0.337 e. The second-order valence-electron chi connectivity index (χ2n) is 8.12. The second kappa shape index (κ2) is 12.2. The van der Waals surface area contributed by atoms with Crippen LogP contribution < -0.4 is 10.6 Å².